The Balaban J connectivity index is -0.00000000500. The molecule has 0 N–H and O–H groups in total. The minimum absolute atomic E-state index is 0. The van der Waals surface area contributed by atoms with Crippen LogP contribution in [0, 0.1) is 11.8 Å². The third kappa shape index (κ3) is 11.5. The Morgan fingerprint density at radius 1 is 1.25 bits per heavy atom. The van der Waals surface area contributed by atoms with Crippen molar-refractivity contribution in [3.05, 3.63) is 6.57 Å². The van der Waals surface area contributed by atoms with E-state index < -0.39 is 0 Å². The Hall–Kier alpha value is 1.07. The summed E-state index contributed by atoms with van der Waals surface area (Å²) in [6.45, 7) is 4.75. The molecule has 18 valence electrons. The van der Waals surface area contributed by atoms with Gasteiger partial charge in [-0.25, -0.2) is 0 Å². The maximum Gasteiger partial charge on any atom is 0 e. The van der Waals surface area contributed by atoms with Crippen molar-refractivity contribution in [1.82, 2.24) is 0 Å². The van der Waals surface area contributed by atoms with Gasteiger partial charge in [-0.15, -0.1) is 0 Å². The average molecular weight is 252 g/mol. The summed E-state index contributed by atoms with van der Waals surface area (Å²) >= 11 is 0. The fourth-order valence-corrected chi connectivity index (χ4v) is 0. The molecule has 0 bridgehead atoms. The van der Waals surface area contributed by atoms with E-state index in [1.165, 1.54) is 0 Å². The van der Waals surface area contributed by atoms with E-state index in [4.69, 9.17) is 11.8 Å². The molecule has 0 aliphatic carbocycles. The number of rotatable bonds is 0. The van der Waals surface area contributed by atoms with E-state index in [-0.39, 0.29) is 47.6 Å². The Morgan fingerprint density at radius 3 is 1.25 bits per heavy atom. The van der Waals surface area contributed by atoms with Crippen molar-refractivity contribution in [3.8, 4) is 0 Å². The van der Waals surface area contributed by atoms with Crippen LogP contribution in [-0.2, 0) is 47.6 Å². The second-order valence-electron chi connectivity index (χ2n) is 0. The van der Waals surface area contributed by atoms with Crippen molar-refractivity contribution in [3.63, 3.8) is 0 Å². The van der Waals surface area contributed by atoms with Crippen LogP contribution in [-0.4, -0.2) is 0 Å². The molecule has 0 rings (SSSR count). The van der Waals surface area contributed by atoms with Gasteiger partial charge in [0.1, 0.15) is 0 Å². The van der Waals surface area contributed by atoms with Gasteiger partial charge in [-0.3, -0.25) is 0 Å². The SMILES string of the molecule is [C-]#N.[Hf].[Ti]. The van der Waals surface area contributed by atoms with E-state index in [0.29, 0.717) is 0 Å². The quantitative estimate of drug-likeness (QED) is 0.443. The van der Waals surface area contributed by atoms with Crippen LogP contribution in [0.1, 0.15) is 0 Å². The Bertz CT molecular complexity index is 12.8. The van der Waals surface area contributed by atoms with Crippen molar-refractivity contribution in [2.24, 2.45) is 0 Å². The largest absolute Gasteiger partial charge is 0.512 e. The summed E-state index contributed by atoms with van der Waals surface area (Å²) in [6.07, 6.45) is 0. The zero-order valence-corrected chi connectivity index (χ0v) is 7.10. The molecule has 0 amide bonds. The second kappa shape index (κ2) is 33.4. The van der Waals surface area contributed by atoms with Gasteiger partial charge >= 0.3 is 0 Å². The molecule has 0 saturated carbocycles. The monoisotopic (exact) mass is 254 g/mol. The molecule has 0 spiro atoms. The Labute approximate surface area is 59.0 Å². The minimum Gasteiger partial charge on any atom is -0.512 e. The van der Waals surface area contributed by atoms with Crippen LogP contribution in [0.4, 0.5) is 0 Å². The van der Waals surface area contributed by atoms with Gasteiger partial charge in [0.05, 0.1) is 0 Å². The van der Waals surface area contributed by atoms with E-state index in [1.807, 2.05) is 0 Å². The molecule has 3 heteroatoms. The first-order valence-electron chi connectivity index (χ1n) is 0.224. The normalized spacial score (nSPS) is 0.500. The van der Waals surface area contributed by atoms with Crippen LogP contribution >= 0.6 is 0 Å². The average Bonchev–Trinajstić information content (AvgIpc) is 1.00. The fraction of sp³-hybridized carbons (Fsp3) is 0. The first-order valence-corrected chi connectivity index (χ1v) is 0.224. The van der Waals surface area contributed by atoms with Crippen LogP contribution in [0.2, 0.25) is 0 Å². The molecule has 0 unspecified atom stereocenters. The molecule has 0 fully saturated rings. The summed E-state index contributed by atoms with van der Waals surface area (Å²) in [5, 5.41) is 6.25. The van der Waals surface area contributed by atoms with Crippen molar-refractivity contribution in [2.45, 2.75) is 0 Å². The Morgan fingerprint density at radius 2 is 1.25 bits per heavy atom. The van der Waals surface area contributed by atoms with E-state index in [0.717, 1.165) is 0 Å². The predicted molar refractivity (Wildman–Crippen MR) is 4.97 cm³/mol. The van der Waals surface area contributed by atoms with E-state index in [2.05, 4.69) is 0 Å². The molecule has 0 aliphatic heterocycles. The van der Waals surface area contributed by atoms with Crippen molar-refractivity contribution in [1.29, 1.82) is 5.26 Å². The molecule has 1 nitrogen and oxygen atoms in total. The number of hydrogen-bond acceptors (Lipinski definition) is 1. The first kappa shape index (κ1) is 19.6. The van der Waals surface area contributed by atoms with Gasteiger partial charge in [-0.2, -0.15) is 0 Å². The van der Waals surface area contributed by atoms with Gasteiger partial charge < -0.3 is 11.8 Å². The van der Waals surface area contributed by atoms with E-state index in [1.54, 1.807) is 0 Å². The Kier molecular flexibility index (Phi) is 163. The second-order valence-corrected chi connectivity index (χ2v) is 0. The summed E-state index contributed by atoms with van der Waals surface area (Å²) in [4.78, 5) is 0. The van der Waals surface area contributed by atoms with Crippen LogP contribution < -0.4 is 0 Å². The summed E-state index contributed by atoms with van der Waals surface area (Å²) in [7, 11) is 0. The summed E-state index contributed by atoms with van der Waals surface area (Å²) in [6, 6.07) is 0. The molecule has 0 saturated heterocycles. The van der Waals surface area contributed by atoms with Crippen LogP contribution in [0.15, 0.2) is 0 Å². The van der Waals surface area contributed by atoms with E-state index >= 15 is 0 Å². The molecule has 0 aromatic rings. The topological polar surface area (TPSA) is 23.8 Å². The smallest absolute Gasteiger partial charge is 0 e. The third-order valence-electron chi connectivity index (χ3n) is 0. The zero-order valence-electron chi connectivity index (χ0n) is 1.95. The summed E-state index contributed by atoms with van der Waals surface area (Å²) in [5.41, 5.74) is 0. The van der Waals surface area contributed by atoms with Crippen molar-refractivity contribution >= 4 is 0 Å². The molecule has 0 aliphatic rings. The predicted octanol–water partition coefficient (Wildman–Crippen LogP) is 0.0914. The van der Waals surface area contributed by atoms with Gasteiger partial charge in [0.15, 0.2) is 0 Å². The number of hydrogen-bond donors (Lipinski definition) is 0. The summed E-state index contributed by atoms with van der Waals surface area (Å²) < 4.78 is 0. The van der Waals surface area contributed by atoms with Gasteiger partial charge in [0, 0.05) is 47.6 Å². The molecule has 0 aromatic heterocycles. The van der Waals surface area contributed by atoms with E-state index in [9.17, 15) is 0 Å². The van der Waals surface area contributed by atoms with Crippen LogP contribution in [0.25, 0.3) is 0 Å². The molecule has 0 aromatic carbocycles. The molecule has 0 atom stereocenters. The molecule has 0 radical (unpaired) electrons. The van der Waals surface area contributed by atoms with Crippen LogP contribution in [0.3, 0.4) is 0 Å². The molecule has 4 heavy (non-hydrogen) atoms. The maximum absolute atomic E-state index is 6.25. The van der Waals surface area contributed by atoms with Gasteiger partial charge in [-0.1, -0.05) is 0 Å². The van der Waals surface area contributed by atoms with Crippen molar-refractivity contribution < 1.29 is 47.6 Å². The third-order valence-corrected chi connectivity index (χ3v) is 0. The first-order chi connectivity index (χ1) is 1.00. The zero-order chi connectivity index (χ0) is 2.00. The van der Waals surface area contributed by atoms with Gasteiger partial charge in [-0.05, 0) is 0 Å². The fourth-order valence-electron chi connectivity index (χ4n) is 0. The van der Waals surface area contributed by atoms with Gasteiger partial charge in [0.2, 0.25) is 0 Å². The number of nitrogens with zero attached hydrogens (tertiary/aromatic N) is 1. The molecular weight excluding hydrogens is 252 g/mol. The maximum atomic E-state index is 6.25. The molecular formula is CHfNTi-. The van der Waals surface area contributed by atoms with Crippen LogP contribution in [0.5, 0.6) is 0 Å². The standard InChI is InChI=1S/CN.Hf.Ti/c1-2;;/q-1;;. The minimum atomic E-state index is 0. The van der Waals surface area contributed by atoms with Crippen molar-refractivity contribution in [2.75, 3.05) is 0 Å². The molecule has 0 heterocycles. The van der Waals surface area contributed by atoms with Gasteiger partial charge in [0.25, 0.3) is 0 Å². The summed E-state index contributed by atoms with van der Waals surface area (Å²) in [5.74, 6) is 0.